The topological polar surface area (TPSA) is 52.6 Å². The first kappa shape index (κ1) is 37.9. The highest BCUT2D eigenvalue weighted by molar-refractivity contribution is 9.28. The van der Waals surface area contributed by atoms with Gasteiger partial charge in [0.1, 0.15) is 0 Å². The summed E-state index contributed by atoms with van der Waals surface area (Å²) in [5.41, 5.74) is -1.63. The lowest BCUT2D eigenvalue weighted by molar-refractivity contribution is -0.169. The zero-order valence-corrected chi connectivity index (χ0v) is 31.2. The summed E-state index contributed by atoms with van der Waals surface area (Å²) in [6.07, 6.45) is 19.9. The van der Waals surface area contributed by atoms with Gasteiger partial charge in [-0.15, -0.1) is 11.3 Å². The van der Waals surface area contributed by atoms with Gasteiger partial charge < -0.3 is 9.47 Å². The molecule has 1 aliphatic heterocycles. The van der Waals surface area contributed by atoms with Crippen LogP contribution in [0.15, 0.2) is 23.6 Å². The highest BCUT2D eigenvalue weighted by Crippen LogP contribution is 2.65. The van der Waals surface area contributed by atoms with Crippen molar-refractivity contribution in [3.05, 3.63) is 28.5 Å². The highest BCUT2D eigenvalue weighted by atomic mass is 79.9. The minimum atomic E-state index is -1.63. The average Bonchev–Trinajstić information content (AvgIpc) is 3.61. The summed E-state index contributed by atoms with van der Waals surface area (Å²) in [6, 6.07) is 4.00. The lowest BCUT2D eigenvalue weighted by atomic mass is 9.89. The summed E-state index contributed by atoms with van der Waals surface area (Å²) >= 11 is 10.5. The fraction of sp³-hybridized carbons (Fsp3) is 0.765. The molecule has 0 fully saturated rings. The van der Waals surface area contributed by atoms with E-state index >= 15 is 0 Å². The summed E-state index contributed by atoms with van der Waals surface area (Å²) in [6.45, 7) is 9.49. The lowest BCUT2D eigenvalue weighted by Crippen LogP contribution is -2.49. The number of thiophene rings is 1. The van der Waals surface area contributed by atoms with Crippen LogP contribution in [0, 0.1) is 17.3 Å². The largest absolute Gasteiger partial charge is 0.464 e. The lowest BCUT2D eigenvalue weighted by Gasteiger charge is -2.33. The number of rotatable bonds is 23. The first-order valence-corrected chi connectivity index (χ1v) is 19.7. The second-order valence-corrected chi connectivity index (χ2v) is 18.5. The van der Waals surface area contributed by atoms with Crippen LogP contribution in [0.25, 0.3) is 4.91 Å². The summed E-state index contributed by atoms with van der Waals surface area (Å²) < 4.78 is 11.1. The summed E-state index contributed by atoms with van der Waals surface area (Å²) in [5.74, 6) is -0.475. The third kappa shape index (κ3) is 11.6. The Morgan fingerprint density at radius 2 is 1.21 bits per heavy atom. The Bertz CT molecular complexity index is 892. The molecule has 0 saturated heterocycles. The molecule has 1 aliphatic rings. The second-order valence-electron chi connectivity index (χ2n) is 11.8. The molecule has 0 aromatic carbocycles. The number of halogens is 2. The van der Waals surface area contributed by atoms with Crippen LogP contribution in [0.1, 0.15) is 135 Å². The van der Waals surface area contributed by atoms with Gasteiger partial charge in [0, 0.05) is 9.78 Å². The number of thioether (sulfide) groups is 1. The number of hydrogen-bond donors (Lipinski definition) is 0. The van der Waals surface area contributed by atoms with Crippen LogP contribution in [-0.4, -0.2) is 27.7 Å². The molecule has 0 spiro atoms. The zero-order valence-electron chi connectivity index (χ0n) is 26.4. The minimum absolute atomic E-state index is 0.301. The van der Waals surface area contributed by atoms with E-state index in [1.165, 1.54) is 50.3 Å². The fourth-order valence-electron chi connectivity index (χ4n) is 5.45. The third-order valence-corrected chi connectivity index (χ3v) is 12.6. The van der Waals surface area contributed by atoms with Crippen LogP contribution in [0.2, 0.25) is 0 Å². The third-order valence-electron chi connectivity index (χ3n) is 8.22. The van der Waals surface area contributed by atoms with Crippen LogP contribution in [0.4, 0.5) is 0 Å². The van der Waals surface area contributed by atoms with E-state index in [0.717, 1.165) is 74.0 Å². The first-order chi connectivity index (χ1) is 20.2. The van der Waals surface area contributed by atoms with Gasteiger partial charge in [0.2, 0.25) is 5.41 Å². The maximum Gasteiger partial charge on any atom is 0.330 e. The van der Waals surface area contributed by atoms with Crippen molar-refractivity contribution in [2.45, 2.75) is 133 Å². The Hall–Kier alpha value is -0.310. The van der Waals surface area contributed by atoms with Crippen molar-refractivity contribution in [3.63, 3.8) is 0 Å². The zero-order chi connectivity index (χ0) is 30.8. The van der Waals surface area contributed by atoms with Crippen LogP contribution >= 0.6 is 55.0 Å². The Morgan fingerprint density at radius 3 is 1.64 bits per heavy atom. The predicted molar refractivity (Wildman–Crippen MR) is 188 cm³/mol. The molecule has 0 N–H and O–H groups in total. The fourth-order valence-corrected chi connectivity index (χ4v) is 9.34. The van der Waals surface area contributed by atoms with Crippen LogP contribution in [-0.2, 0) is 19.1 Å². The SMILES string of the molecule is CCCCCCC(CCCC)COC(=O)C1(C(=O)OCC(CCCC)CCCCCC)C=C(c2cccs2)SC1(Br)Br. The normalized spacial score (nSPS) is 19.3. The molecule has 2 unspecified atom stereocenters. The van der Waals surface area contributed by atoms with E-state index < -0.39 is 19.9 Å². The van der Waals surface area contributed by atoms with Gasteiger partial charge in [-0.1, -0.05) is 154 Å². The smallest absolute Gasteiger partial charge is 0.330 e. The summed E-state index contributed by atoms with van der Waals surface area (Å²) in [4.78, 5) is 30.1. The maximum atomic E-state index is 14.1. The molecular formula is C34H54Br2O4S2. The number of alkyl halides is 2. The van der Waals surface area contributed by atoms with Gasteiger partial charge in [-0.05, 0) is 55.0 Å². The van der Waals surface area contributed by atoms with Crippen LogP contribution in [0.5, 0.6) is 0 Å². The predicted octanol–water partition coefficient (Wildman–Crippen LogP) is 11.9. The molecule has 8 heteroatoms. The van der Waals surface area contributed by atoms with Gasteiger partial charge in [-0.3, -0.25) is 9.59 Å². The van der Waals surface area contributed by atoms with Crippen molar-refractivity contribution in [3.8, 4) is 0 Å². The van der Waals surface area contributed by atoms with Crippen LogP contribution < -0.4 is 0 Å². The van der Waals surface area contributed by atoms with Gasteiger partial charge in [-0.25, -0.2) is 0 Å². The Morgan fingerprint density at radius 1 is 0.738 bits per heavy atom. The molecule has 2 rings (SSSR count). The van der Waals surface area contributed by atoms with E-state index in [4.69, 9.17) is 9.47 Å². The quantitative estimate of drug-likeness (QED) is 0.0482. The summed E-state index contributed by atoms with van der Waals surface area (Å²) in [7, 11) is 0. The second kappa shape index (κ2) is 20.7. The number of esters is 2. The minimum Gasteiger partial charge on any atom is -0.464 e. The molecular weight excluding hydrogens is 696 g/mol. The maximum absolute atomic E-state index is 14.1. The molecule has 1 aromatic rings. The van der Waals surface area contributed by atoms with Crippen molar-refractivity contribution in [2.24, 2.45) is 17.3 Å². The van der Waals surface area contributed by atoms with Crippen LogP contribution in [0.3, 0.4) is 0 Å². The molecule has 0 amide bonds. The van der Waals surface area contributed by atoms with E-state index in [1.54, 1.807) is 17.4 Å². The molecule has 1 aromatic heterocycles. The number of unbranched alkanes of at least 4 members (excludes halogenated alkanes) is 8. The van der Waals surface area contributed by atoms with Gasteiger partial charge in [0.25, 0.3) is 0 Å². The first-order valence-electron chi connectivity index (χ1n) is 16.4. The molecule has 0 aliphatic carbocycles. The molecule has 0 radical (unpaired) electrons. The van der Waals surface area contributed by atoms with Crippen molar-refractivity contribution in [2.75, 3.05) is 13.2 Å². The number of carbonyl (C=O) groups excluding carboxylic acids is 2. The molecule has 240 valence electrons. The number of carbonyl (C=O) groups is 2. The van der Waals surface area contributed by atoms with Crippen molar-refractivity contribution < 1.29 is 19.1 Å². The van der Waals surface area contributed by atoms with E-state index in [2.05, 4.69) is 59.6 Å². The molecule has 4 nitrogen and oxygen atoms in total. The monoisotopic (exact) mass is 748 g/mol. The van der Waals surface area contributed by atoms with Gasteiger partial charge in [0.05, 0.1) is 13.2 Å². The summed E-state index contributed by atoms with van der Waals surface area (Å²) in [5, 5.41) is 2.01. The Balaban J connectivity index is 2.26. The number of ether oxygens (including phenoxy) is 2. The Labute approximate surface area is 281 Å². The van der Waals surface area contributed by atoms with E-state index in [9.17, 15) is 9.59 Å². The number of hydrogen-bond acceptors (Lipinski definition) is 6. The molecule has 0 saturated carbocycles. The van der Waals surface area contributed by atoms with Crippen molar-refractivity contribution in [1.29, 1.82) is 0 Å². The highest BCUT2D eigenvalue weighted by Gasteiger charge is 2.65. The van der Waals surface area contributed by atoms with Gasteiger partial charge in [-0.2, -0.15) is 0 Å². The van der Waals surface area contributed by atoms with E-state index in [1.807, 2.05) is 17.5 Å². The van der Waals surface area contributed by atoms with E-state index in [-0.39, 0.29) is 0 Å². The molecule has 2 heterocycles. The van der Waals surface area contributed by atoms with Gasteiger partial charge in [0.15, 0.2) is 2.57 Å². The van der Waals surface area contributed by atoms with Crippen molar-refractivity contribution in [1.82, 2.24) is 0 Å². The molecule has 42 heavy (non-hydrogen) atoms. The average molecular weight is 751 g/mol. The Kier molecular flexibility index (Phi) is 18.6. The molecule has 0 bridgehead atoms. The molecule has 2 atom stereocenters. The van der Waals surface area contributed by atoms with Gasteiger partial charge >= 0.3 is 11.9 Å². The van der Waals surface area contributed by atoms with E-state index in [0.29, 0.717) is 25.0 Å². The van der Waals surface area contributed by atoms with Crippen molar-refractivity contribution >= 4 is 71.8 Å². The standard InChI is InChI=1S/C34H54Br2O4S2/c1-5-9-13-15-20-27(18-11-7-3)25-39-31(37)33(24-30(42-34(33,35)36)29-22-17-23-41-29)32(38)40-26-28(19-12-8-4)21-16-14-10-6-2/h17,22-24,27-28H,5-16,18-21,25-26H2,1-4H3.